The van der Waals surface area contributed by atoms with Crippen LogP contribution in [-0.2, 0) is 11.2 Å². The number of ether oxygens (including phenoxy) is 1. The Balaban J connectivity index is 1.45. The Morgan fingerprint density at radius 2 is 1.92 bits per heavy atom. The summed E-state index contributed by atoms with van der Waals surface area (Å²) in [5.41, 5.74) is 2.58. The van der Waals surface area contributed by atoms with Gasteiger partial charge in [-0.3, -0.25) is 0 Å². The maximum atomic E-state index is 12.2. The van der Waals surface area contributed by atoms with Gasteiger partial charge in [0.1, 0.15) is 5.60 Å². The lowest BCUT2D eigenvalue weighted by Gasteiger charge is -2.34. The topological polar surface area (TPSA) is 41.6 Å². The van der Waals surface area contributed by atoms with Crippen molar-refractivity contribution < 1.29 is 9.53 Å². The molecule has 4 nitrogen and oxygen atoms in total. The van der Waals surface area contributed by atoms with E-state index in [1.807, 2.05) is 25.7 Å². The van der Waals surface area contributed by atoms with Crippen LogP contribution >= 0.6 is 0 Å². The zero-order valence-electron chi connectivity index (χ0n) is 15.9. The maximum Gasteiger partial charge on any atom is 0.410 e. The number of benzene rings is 1. The molecule has 0 radical (unpaired) electrons. The zero-order valence-corrected chi connectivity index (χ0v) is 15.9. The van der Waals surface area contributed by atoms with Gasteiger partial charge in [-0.25, -0.2) is 4.79 Å². The molecule has 1 unspecified atom stereocenters. The molecule has 1 aliphatic heterocycles. The Morgan fingerprint density at radius 1 is 1.20 bits per heavy atom. The number of carbonyl (C=O) groups is 1. The fraction of sp³-hybridized carbons (Fsp3) is 0.667. The normalized spacial score (nSPS) is 21.7. The highest BCUT2D eigenvalue weighted by molar-refractivity contribution is 5.68. The zero-order chi connectivity index (χ0) is 17.9. The minimum absolute atomic E-state index is 0.167. The van der Waals surface area contributed by atoms with Crippen LogP contribution in [0.2, 0.25) is 0 Å². The van der Waals surface area contributed by atoms with Crippen molar-refractivity contribution in [1.29, 1.82) is 0 Å². The first kappa shape index (κ1) is 18.2. The summed E-state index contributed by atoms with van der Waals surface area (Å²) in [5, 5.41) is 3.80. The van der Waals surface area contributed by atoms with Crippen molar-refractivity contribution in [3.05, 3.63) is 35.4 Å². The van der Waals surface area contributed by atoms with Crippen LogP contribution in [0.15, 0.2) is 24.3 Å². The van der Waals surface area contributed by atoms with Crippen molar-refractivity contribution in [2.45, 2.75) is 64.5 Å². The van der Waals surface area contributed by atoms with E-state index in [1.54, 1.807) is 0 Å². The number of hydrogen-bond acceptors (Lipinski definition) is 3. The standard InChI is InChI=1S/C21H32N2O2/c1-21(2,3)25-20(24)23-13-11-16(12-14-23)15-22-19-10-6-8-17-7-4-5-9-18(17)19/h4-5,7,9,16,19,22H,6,8,10-15H2,1-3H3. The third-order valence-corrected chi connectivity index (χ3v) is 5.29. The minimum Gasteiger partial charge on any atom is -0.444 e. The van der Waals surface area contributed by atoms with E-state index in [-0.39, 0.29) is 6.09 Å². The van der Waals surface area contributed by atoms with Gasteiger partial charge in [-0.15, -0.1) is 0 Å². The van der Waals surface area contributed by atoms with Gasteiger partial charge < -0.3 is 15.0 Å². The summed E-state index contributed by atoms with van der Waals surface area (Å²) < 4.78 is 5.48. The molecule has 1 heterocycles. The van der Waals surface area contributed by atoms with Gasteiger partial charge in [0, 0.05) is 19.1 Å². The van der Waals surface area contributed by atoms with Crippen LogP contribution in [0.5, 0.6) is 0 Å². The van der Waals surface area contributed by atoms with Crippen LogP contribution in [0.3, 0.4) is 0 Å². The van der Waals surface area contributed by atoms with E-state index >= 15 is 0 Å². The molecular weight excluding hydrogens is 312 g/mol. The van der Waals surface area contributed by atoms with E-state index in [2.05, 4.69) is 29.6 Å². The Labute approximate surface area is 151 Å². The second kappa shape index (κ2) is 7.77. The summed E-state index contributed by atoms with van der Waals surface area (Å²) in [4.78, 5) is 14.0. The number of nitrogens with zero attached hydrogens (tertiary/aromatic N) is 1. The molecule has 1 N–H and O–H groups in total. The van der Waals surface area contributed by atoms with E-state index in [1.165, 1.54) is 30.4 Å². The number of likely N-dealkylation sites (tertiary alicyclic amines) is 1. The van der Waals surface area contributed by atoms with Crippen molar-refractivity contribution in [2.24, 2.45) is 5.92 Å². The number of amides is 1. The lowest BCUT2D eigenvalue weighted by molar-refractivity contribution is 0.0183. The highest BCUT2D eigenvalue weighted by Gasteiger charge is 2.27. The SMILES string of the molecule is CC(C)(C)OC(=O)N1CCC(CNC2CCCc3ccccc32)CC1. The van der Waals surface area contributed by atoms with Crippen molar-refractivity contribution in [2.75, 3.05) is 19.6 Å². The van der Waals surface area contributed by atoms with Crippen LogP contribution in [0.1, 0.15) is 63.6 Å². The average molecular weight is 344 g/mol. The number of piperidine rings is 1. The molecule has 0 bridgehead atoms. The van der Waals surface area contributed by atoms with E-state index in [4.69, 9.17) is 4.74 Å². The first-order valence-corrected chi connectivity index (χ1v) is 9.71. The summed E-state index contributed by atoms with van der Waals surface area (Å²) >= 11 is 0. The fourth-order valence-corrected chi connectivity index (χ4v) is 3.92. The molecular formula is C21H32N2O2. The highest BCUT2D eigenvalue weighted by atomic mass is 16.6. The molecule has 1 aromatic carbocycles. The predicted molar refractivity (Wildman–Crippen MR) is 101 cm³/mol. The third-order valence-electron chi connectivity index (χ3n) is 5.29. The molecule has 0 saturated carbocycles. The molecule has 1 aliphatic carbocycles. The van der Waals surface area contributed by atoms with E-state index < -0.39 is 5.60 Å². The van der Waals surface area contributed by atoms with E-state index in [9.17, 15) is 4.79 Å². The average Bonchev–Trinajstić information content (AvgIpc) is 2.59. The van der Waals surface area contributed by atoms with Gasteiger partial charge in [-0.2, -0.15) is 0 Å². The number of hydrogen-bond donors (Lipinski definition) is 1. The predicted octanol–water partition coefficient (Wildman–Crippen LogP) is 4.30. The second-order valence-electron chi connectivity index (χ2n) is 8.46. The molecule has 1 saturated heterocycles. The summed E-state index contributed by atoms with van der Waals surface area (Å²) in [6.45, 7) is 8.42. The van der Waals surface area contributed by atoms with Crippen molar-refractivity contribution in [3.8, 4) is 0 Å². The monoisotopic (exact) mass is 344 g/mol. The van der Waals surface area contributed by atoms with Crippen LogP contribution in [0, 0.1) is 5.92 Å². The first-order chi connectivity index (χ1) is 11.9. The molecule has 1 fully saturated rings. The molecule has 1 amide bonds. The smallest absolute Gasteiger partial charge is 0.410 e. The van der Waals surface area contributed by atoms with Crippen molar-refractivity contribution in [3.63, 3.8) is 0 Å². The van der Waals surface area contributed by atoms with Gasteiger partial charge in [0.25, 0.3) is 0 Å². The van der Waals surface area contributed by atoms with Gasteiger partial charge in [-0.1, -0.05) is 24.3 Å². The summed E-state index contributed by atoms with van der Waals surface area (Å²) in [6, 6.07) is 9.33. The molecule has 0 aromatic heterocycles. The molecule has 138 valence electrons. The van der Waals surface area contributed by atoms with E-state index in [0.717, 1.165) is 32.5 Å². The fourth-order valence-electron chi connectivity index (χ4n) is 3.92. The lowest BCUT2D eigenvalue weighted by atomic mass is 9.87. The molecule has 25 heavy (non-hydrogen) atoms. The molecule has 2 aliphatic rings. The first-order valence-electron chi connectivity index (χ1n) is 9.71. The van der Waals surface area contributed by atoms with Crippen LogP contribution in [0.4, 0.5) is 4.79 Å². The van der Waals surface area contributed by atoms with Gasteiger partial charge in [-0.05, 0) is 76.5 Å². The molecule has 1 atom stereocenters. The summed E-state index contributed by atoms with van der Waals surface area (Å²) in [5.74, 6) is 0.646. The van der Waals surface area contributed by atoms with Gasteiger partial charge in [0.2, 0.25) is 0 Å². The molecule has 0 spiro atoms. The van der Waals surface area contributed by atoms with E-state index in [0.29, 0.717) is 12.0 Å². The van der Waals surface area contributed by atoms with Gasteiger partial charge in [0.15, 0.2) is 0 Å². The Kier molecular flexibility index (Phi) is 5.67. The quantitative estimate of drug-likeness (QED) is 0.889. The van der Waals surface area contributed by atoms with Crippen molar-refractivity contribution in [1.82, 2.24) is 10.2 Å². The largest absolute Gasteiger partial charge is 0.444 e. The highest BCUT2D eigenvalue weighted by Crippen LogP contribution is 2.30. The number of fused-ring (bicyclic) bond motifs is 1. The number of nitrogens with one attached hydrogen (secondary N) is 1. The molecule has 4 heteroatoms. The Bertz CT molecular complexity index is 586. The van der Waals surface area contributed by atoms with Crippen LogP contribution in [-0.4, -0.2) is 36.2 Å². The van der Waals surface area contributed by atoms with Crippen molar-refractivity contribution >= 4 is 6.09 Å². The van der Waals surface area contributed by atoms with Gasteiger partial charge >= 0.3 is 6.09 Å². The van der Waals surface area contributed by atoms with Crippen LogP contribution < -0.4 is 5.32 Å². The molecule has 3 rings (SSSR count). The molecule has 1 aromatic rings. The van der Waals surface area contributed by atoms with Gasteiger partial charge in [0.05, 0.1) is 0 Å². The number of aryl methyl sites for hydroxylation is 1. The number of rotatable bonds is 3. The third kappa shape index (κ3) is 4.97. The minimum atomic E-state index is -0.413. The lowest BCUT2D eigenvalue weighted by Crippen LogP contribution is -2.43. The number of carbonyl (C=O) groups excluding carboxylic acids is 1. The Morgan fingerprint density at radius 3 is 2.64 bits per heavy atom. The maximum absolute atomic E-state index is 12.2. The second-order valence-corrected chi connectivity index (χ2v) is 8.46. The Hall–Kier alpha value is -1.55. The summed E-state index contributed by atoms with van der Waals surface area (Å²) in [7, 11) is 0. The summed E-state index contributed by atoms with van der Waals surface area (Å²) in [6.07, 6.45) is 5.66. The van der Waals surface area contributed by atoms with Crippen LogP contribution in [0.25, 0.3) is 0 Å².